The summed E-state index contributed by atoms with van der Waals surface area (Å²) in [5.74, 6) is -0.697. The van der Waals surface area contributed by atoms with E-state index >= 15 is 0 Å². The lowest BCUT2D eigenvalue weighted by atomic mass is 9.87. The number of rotatable bonds is 11. The molecule has 0 spiro atoms. The zero-order chi connectivity index (χ0) is 32.1. The Hall–Kier alpha value is -4.18. The van der Waals surface area contributed by atoms with Crippen LogP contribution in [0.1, 0.15) is 27.9 Å². The molecule has 0 saturated heterocycles. The van der Waals surface area contributed by atoms with Gasteiger partial charge in [-0.3, -0.25) is 9.59 Å². The second-order valence-corrected chi connectivity index (χ2v) is 11.5. The number of nitrogens with zero attached hydrogens (tertiary/aromatic N) is 1. The van der Waals surface area contributed by atoms with Crippen LogP contribution in [-0.2, 0) is 17.9 Å². The topological polar surface area (TPSA) is 172 Å². The van der Waals surface area contributed by atoms with E-state index in [9.17, 15) is 29.7 Å². The Labute approximate surface area is 271 Å². The summed E-state index contributed by atoms with van der Waals surface area (Å²) in [6.07, 6.45) is 1.69. The number of carbonyl (C=O) groups is 2. The minimum Gasteiger partial charge on any atom is -0.493 e. The summed E-state index contributed by atoms with van der Waals surface area (Å²) in [7, 11) is 1.43. The largest absolute Gasteiger partial charge is 0.493 e. The van der Waals surface area contributed by atoms with Crippen molar-refractivity contribution in [3.05, 3.63) is 103 Å². The molecule has 2 amide bonds. The summed E-state index contributed by atoms with van der Waals surface area (Å²) < 4.78 is 23.0. The molecule has 13 heteroatoms. The molecule has 4 aromatic rings. The van der Waals surface area contributed by atoms with Crippen LogP contribution < -0.4 is 20.4 Å². The number of nitrogens with one attached hydrogen (secondary N) is 1. The van der Waals surface area contributed by atoms with Crippen molar-refractivity contribution >= 4 is 45.4 Å². The summed E-state index contributed by atoms with van der Waals surface area (Å²) in [5, 5.41) is 33.9. The number of fused-ring (bicyclic) bond motifs is 1. The molecule has 2 aromatic carbocycles. The molecule has 0 radical (unpaired) electrons. The number of hydrogen-bond donors (Lipinski definition) is 4. The van der Waals surface area contributed by atoms with Gasteiger partial charge in [-0.1, -0.05) is 18.2 Å². The third kappa shape index (κ3) is 7.06. The van der Waals surface area contributed by atoms with Crippen LogP contribution in [0.5, 0.6) is 11.5 Å². The van der Waals surface area contributed by atoms with Gasteiger partial charge >= 0.3 is 5.63 Å². The van der Waals surface area contributed by atoms with Crippen molar-refractivity contribution in [1.82, 2.24) is 10.2 Å². The third-order valence-corrected chi connectivity index (χ3v) is 8.21. The van der Waals surface area contributed by atoms with Crippen LogP contribution in [0.2, 0.25) is 0 Å². The Morgan fingerprint density at radius 3 is 2.64 bits per heavy atom. The standard InChI is InChI=1S/C32H31IN2O10/c1-42-27-11-19(16-37)10-23(33)29(27)44-26-14-21(30(39)34-7-8-36)13-24(28(26)38)35(15-18-6-9-43-17-18)31(40)22-12-20-4-2-3-5-25(20)45-32(22)41/h2-6,9-12,14,17,24,26,28,36-38H,7-8,13,15-16H2,1H3,(H,34,39). The summed E-state index contributed by atoms with van der Waals surface area (Å²) in [5.41, 5.74) is 0.562. The molecule has 3 atom stereocenters. The highest BCUT2D eigenvalue weighted by Gasteiger charge is 2.42. The Balaban J connectivity index is 1.58. The van der Waals surface area contributed by atoms with Crippen LogP contribution in [0.15, 0.2) is 86.3 Å². The Morgan fingerprint density at radius 1 is 1.13 bits per heavy atom. The first-order chi connectivity index (χ1) is 21.7. The molecule has 2 heterocycles. The Morgan fingerprint density at radius 2 is 1.93 bits per heavy atom. The van der Waals surface area contributed by atoms with E-state index in [0.29, 0.717) is 31.4 Å². The zero-order valence-electron chi connectivity index (χ0n) is 24.1. The number of para-hydroxylation sites is 1. The van der Waals surface area contributed by atoms with Crippen LogP contribution in [0, 0.1) is 3.57 Å². The van der Waals surface area contributed by atoms with E-state index in [4.69, 9.17) is 18.3 Å². The summed E-state index contributed by atoms with van der Waals surface area (Å²) in [6.45, 7) is -0.614. The molecule has 3 unspecified atom stereocenters. The molecule has 2 aromatic heterocycles. The molecule has 0 fully saturated rings. The molecule has 1 aliphatic carbocycles. The molecule has 12 nitrogen and oxygen atoms in total. The zero-order valence-corrected chi connectivity index (χ0v) is 26.3. The number of aliphatic hydroxyl groups is 3. The molecule has 0 bridgehead atoms. The normalized spacial score (nSPS) is 17.9. The van der Waals surface area contributed by atoms with Gasteiger partial charge in [0.05, 0.1) is 42.5 Å². The molecule has 45 heavy (non-hydrogen) atoms. The average Bonchev–Trinajstić information content (AvgIpc) is 3.57. The van der Waals surface area contributed by atoms with Gasteiger partial charge in [-0.2, -0.15) is 0 Å². The van der Waals surface area contributed by atoms with Crippen LogP contribution in [0.25, 0.3) is 11.0 Å². The quantitative estimate of drug-likeness (QED) is 0.133. The van der Waals surface area contributed by atoms with E-state index in [0.717, 1.165) is 0 Å². The molecule has 0 aliphatic heterocycles. The van der Waals surface area contributed by atoms with Crippen molar-refractivity contribution in [3.8, 4) is 11.5 Å². The second kappa shape index (κ2) is 14.3. The van der Waals surface area contributed by atoms with E-state index in [-0.39, 0.29) is 49.6 Å². The van der Waals surface area contributed by atoms with Gasteiger partial charge in [0.15, 0.2) is 11.5 Å². The summed E-state index contributed by atoms with van der Waals surface area (Å²) in [6, 6.07) is 12.1. The lowest BCUT2D eigenvalue weighted by molar-refractivity contribution is -0.118. The maximum absolute atomic E-state index is 14.2. The van der Waals surface area contributed by atoms with Gasteiger partial charge in [0, 0.05) is 36.0 Å². The number of halogens is 1. The first-order valence-corrected chi connectivity index (χ1v) is 15.1. The Kier molecular flexibility index (Phi) is 10.2. The summed E-state index contributed by atoms with van der Waals surface area (Å²) >= 11 is 2.01. The predicted molar refractivity (Wildman–Crippen MR) is 170 cm³/mol. The number of carbonyl (C=O) groups excluding carboxylic acids is 2. The van der Waals surface area contributed by atoms with E-state index in [1.807, 2.05) is 22.6 Å². The van der Waals surface area contributed by atoms with Gasteiger partial charge in [0.2, 0.25) is 5.91 Å². The molecule has 4 N–H and O–H groups in total. The molecule has 5 rings (SSSR count). The minimum atomic E-state index is -1.39. The lowest BCUT2D eigenvalue weighted by Gasteiger charge is -2.40. The first kappa shape index (κ1) is 32.2. The molecule has 236 valence electrons. The third-order valence-electron chi connectivity index (χ3n) is 7.41. The van der Waals surface area contributed by atoms with Crippen LogP contribution in [-0.4, -0.2) is 70.5 Å². The number of furan rings is 1. The lowest BCUT2D eigenvalue weighted by Crippen LogP contribution is -2.55. The van der Waals surface area contributed by atoms with Crippen molar-refractivity contribution in [2.45, 2.75) is 37.8 Å². The van der Waals surface area contributed by atoms with Gasteiger partial charge in [0.1, 0.15) is 23.4 Å². The SMILES string of the molecule is COc1cc(CO)cc(I)c1OC1C=C(C(=O)NCCO)CC(N(Cc2ccoc2)C(=O)c2cc3ccccc3oc2=O)C1O. The maximum atomic E-state index is 14.2. The van der Waals surface area contributed by atoms with Crippen molar-refractivity contribution in [2.75, 3.05) is 20.3 Å². The fourth-order valence-corrected chi connectivity index (χ4v) is 5.97. The van der Waals surface area contributed by atoms with Gasteiger partial charge in [-0.25, -0.2) is 4.79 Å². The van der Waals surface area contributed by atoms with Crippen molar-refractivity contribution in [3.63, 3.8) is 0 Å². The smallest absolute Gasteiger partial charge is 0.349 e. The number of benzene rings is 2. The van der Waals surface area contributed by atoms with Crippen molar-refractivity contribution < 1.29 is 43.2 Å². The van der Waals surface area contributed by atoms with E-state index in [1.54, 1.807) is 42.5 Å². The second-order valence-electron chi connectivity index (χ2n) is 10.3. The highest BCUT2D eigenvalue weighted by atomic mass is 127. The number of amides is 2. The minimum absolute atomic E-state index is 0.0148. The molecular weight excluding hydrogens is 699 g/mol. The maximum Gasteiger partial charge on any atom is 0.349 e. The van der Waals surface area contributed by atoms with Crippen molar-refractivity contribution in [2.24, 2.45) is 0 Å². The van der Waals surface area contributed by atoms with E-state index < -0.39 is 35.7 Å². The first-order valence-electron chi connectivity index (χ1n) is 14.0. The van der Waals surface area contributed by atoms with Crippen LogP contribution in [0.4, 0.5) is 0 Å². The monoisotopic (exact) mass is 730 g/mol. The van der Waals surface area contributed by atoms with Gasteiger partial charge in [0.25, 0.3) is 5.91 Å². The number of methoxy groups -OCH3 is 1. The predicted octanol–water partition coefficient (Wildman–Crippen LogP) is 2.75. The van der Waals surface area contributed by atoms with E-state index in [2.05, 4.69) is 5.32 Å². The van der Waals surface area contributed by atoms with Crippen LogP contribution in [0.3, 0.4) is 0 Å². The molecule has 1 aliphatic rings. The summed E-state index contributed by atoms with van der Waals surface area (Å²) in [4.78, 5) is 41.8. The number of hydrogen-bond acceptors (Lipinski definition) is 10. The number of aliphatic hydroxyl groups excluding tert-OH is 3. The van der Waals surface area contributed by atoms with Gasteiger partial charge in [-0.05, 0) is 64.6 Å². The van der Waals surface area contributed by atoms with E-state index in [1.165, 1.54) is 36.7 Å². The number of ether oxygens (including phenoxy) is 2. The van der Waals surface area contributed by atoms with Gasteiger partial charge < -0.3 is 43.8 Å². The molecule has 0 saturated carbocycles. The highest BCUT2D eigenvalue weighted by Crippen LogP contribution is 2.37. The Bertz CT molecular complexity index is 1770. The highest BCUT2D eigenvalue weighted by molar-refractivity contribution is 14.1. The molecular formula is C32H31IN2O10. The average molecular weight is 731 g/mol. The fourth-order valence-electron chi connectivity index (χ4n) is 5.18. The fraction of sp³-hybridized carbons (Fsp3) is 0.281. The van der Waals surface area contributed by atoms with Crippen LogP contribution >= 0.6 is 22.6 Å². The van der Waals surface area contributed by atoms with Crippen molar-refractivity contribution in [1.29, 1.82) is 0 Å². The van der Waals surface area contributed by atoms with Gasteiger partial charge in [-0.15, -0.1) is 0 Å².